The van der Waals surface area contributed by atoms with Crippen LogP contribution < -0.4 is 10.2 Å². The van der Waals surface area contributed by atoms with Gasteiger partial charge in [0, 0.05) is 31.6 Å². The number of nitrogens with zero attached hydrogens (tertiary/aromatic N) is 2. The molecule has 0 aliphatic carbocycles. The van der Waals surface area contributed by atoms with Crippen molar-refractivity contribution in [2.24, 2.45) is 0 Å². The van der Waals surface area contributed by atoms with E-state index < -0.39 is 0 Å². The summed E-state index contributed by atoms with van der Waals surface area (Å²) < 4.78 is 4.98. The molecular formula is C17H21N3O3. The number of amides is 2. The third-order valence-electron chi connectivity index (χ3n) is 3.50. The van der Waals surface area contributed by atoms with E-state index in [-0.39, 0.29) is 24.8 Å². The zero-order valence-electron chi connectivity index (χ0n) is 13.8. The smallest absolute Gasteiger partial charge is 0.226 e. The van der Waals surface area contributed by atoms with Gasteiger partial charge in [0.1, 0.15) is 5.76 Å². The molecule has 1 aromatic carbocycles. The molecule has 0 aliphatic heterocycles. The lowest BCUT2D eigenvalue weighted by molar-refractivity contribution is -0.117. The number of rotatable bonds is 5. The van der Waals surface area contributed by atoms with E-state index in [2.05, 4.69) is 10.5 Å². The Morgan fingerprint density at radius 1 is 1.22 bits per heavy atom. The van der Waals surface area contributed by atoms with Gasteiger partial charge in [-0.25, -0.2) is 0 Å². The van der Waals surface area contributed by atoms with Crippen LogP contribution in [0.4, 0.5) is 11.5 Å². The SMILES string of the molecule is CC(=O)N(CCC(=O)Nc1cc(C)ccc1C)c1cc(C)on1. The molecule has 0 fully saturated rings. The first kappa shape index (κ1) is 16.7. The molecule has 0 saturated carbocycles. The van der Waals surface area contributed by atoms with Gasteiger partial charge in [-0.2, -0.15) is 0 Å². The highest BCUT2D eigenvalue weighted by atomic mass is 16.5. The number of anilines is 2. The standard InChI is InChI=1S/C17H21N3O3/c1-11-5-6-12(2)15(9-11)18-17(22)7-8-20(14(4)21)16-10-13(3)23-19-16/h5-6,9-10H,7-8H2,1-4H3,(H,18,22). The molecule has 2 amide bonds. The van der Waals surface area contributed by atoms with E-state index in [1.54, 1.807) is 13.0 Å². The van der Waals surface area contributed by atoms with Gasteiger partial charge in [-0.1, -0.05) is 17.3 Å². The van der Waals surface area contributed by atoms with E-state index in [4.69, 9.17) is 4.52 Å². The second-order valence-electron chi connectivity index (χ2n) is 5.58. The molecule has 1 N–H and O–H groups in total. The predicted molar refractivity (Wildman–Crippen MR) is 88.4 cm³/mol. The molecule has 0 spiro atoms. The lowest BCUT2D eigenvalue weighted by atomic mass is 10.1. The summed E-state index contributed by atoms with van der Waals surface area (Å²) in [4.78, 5) is 25.3. The van der Waals surface area contributed by atoms with Crippen LogP contribution in [0.3, 0.4) is 0 Å². The van der Waals surface area contributed by atoms with Gasteiger partial charge in [0.05, 0.1) is 0 Å². The highest BCUT2D eigenvalue weighted by Gasteiger charge is 2.17. The van der Waals surface area contributed by atoms with Crippen LogP contribution in [-0.4, -0.2) is 23.5 Å². The van der Waals surface area contributed by atoms with Gasteiger partial charge in [0.15, 0.2) is 5.82 Å². The Morgan fingerprint density at radius 2 is 1.96 bits per heavy atom. The number of nitrogens with one attached hydrogen (secondary N) is 1. The zero-order chi connectivity index (χ0) is 17.0. The molecule has 0 saturated heterocycles. The Morgan fingerprint density at radius 3 is 2.57 bits per heavy atom. The molecule has 6 heteroatoms. The average molecular weight is 315 g/mol. The third-order valence-corrected chi connectivity index (χ3v) is 3.50. The maximum atomic E-state index is 12.1. The molecule has 2 aromatic rings. The van der Waals surface area contributed by atoms with Crippen molar-refractivity contribution in [1.82, 2.24) is 5.16 Å². The first-order valence-electron chi connectivity index (χ1n) is 7.45. The number of aryl methyl sites for hydroxylation is 3. The Hall–Kier alpha value is -2.63. The first-order chi connectivity index (χ1) is 10.9. The lowest BCUT2D eigenvalue weighted by Crippen LogP contribution is -2.32. The second-order valence-corrected chi connectivity index (χ2v) is 5.58. The maximum Gasteiger partial charge on any atom is 0.226 e. The summed E-state index contributed by atoms with van der Waals surface area (Å²) in [5.74, 6) is 0.712. The van der Waals surface area contributed by atoms with Crippen LogP contribution in [0.1, 0.15) is 30.2 Å². The molecule has 0 unspecified atom stereocenters. The summed E-state index contributed by atoms with van der Waals surface area (Å²) in [5, 5.41) is 6.70. The van der Waals surface area contributed by atoms with Crippen LogP contribution in [0, 0.1) is 20.8 Å². The van der Waals surface area contributed by atoms with Gasteiger partial charge in [-0.3, -0.25) is 14.5 Å². The maximum absolute atomic E-state index is 12.1. The predicted octanol–water partition coefficient (Wildman–Crippen LogP) is 2.98. The lowest BCUT2D eigenvalue weighted by Gasteiger charge is -2.17. The molecular weight excluding hydrogens is 294 g/mol. The number of hydrogen-bond donors (Lipinski definition) is 1. The summed E-state index contributed by atoms with van der Waals surface area (Å²) in [5.41, 5.74) is 2.87. The monoisotopic (exact) mass is 315 g/mol. The van der Waals surface area contributed by atoms with Crippen molar-refractivity contribution in [3.05, 3.63) is 41.2 Å². The van der Waals surface area contributed by atoms with Crippen LogP contribution in [0.2, 0.25) is 0 Å². The minimum absolute atomic E-state index is 0.148. The van der Waals surface area contributed by atoms with Crippen molar-refractivity contribution < 1.29 is 14.1 Å². The van der Waals surface area contributed by atoms with Crippen LogP contribution in [-0.2, 0) is 9.59 Å². The number of hydrogen-bond acceptors (Lipinski definition) is 4. The molecule has 6 nitrogen and oxygen atoms in total. The summed E-state index contributed by atoms with van der Waals surface area (Å²) in [6.45, 7) is 7.35. The Labute approximate surface area is 135 Å². The molecule has 2 rings (SSSR count). The zero-order valence-corrected chi connectivity index (χ0v) is 13.8. The summed E-state index contributed by atoms with van der Waals surface area (Å²) in [6.07, 6.45) is 0.179. The van der Waals surface area contributed by atoms with Gasteiger partial charge < -0.3 is 9.84 Å². The van der Waals surface area contributed by atoms with Crippen LogP contribution in [0.15, 0.2) is 28.8 Å². The average Bonchev–Trinajstić information content (AvgIpc) is 2.89. The van der Waals surface area contributed by atoms with Gasteiger partial charge in [-0.05, 0) is 38.0 Å². The van der Waals surface area contributed by atoms with Gasteiger partial charge >= 0.3 is 0 Å². The second kappa shape index (κ2) is 7.09. The van der Waals surface area contributed by atoms with Crippen LogP contribution in [0.5, 0.6) is 0 Å². The fourth-order valence-corrected chi connectivity index (χ4v) is 2.21. The van der Waals surface area contributed by atoms with Crippen molar-refractivity contribution >= 4 is 23.3 Å². The fourth-order valence-electron chi connectivity index (χ4n) is 2.21. The Bertz CT molecular complexity index is 722. The molecule has 0 radical (unpaired) electrons. The van der Waals surface area contributed by atoms with Gasteiger partial charge in [-0.15, -0.1) is 0 Å². The van der Waals surface area contributed by atoms with E-state index in [0.29, 0.717) is 11.6 Å². The highest BCUT2D eigenvalue weighted by molar-refractivity contribution is 5.94. The number of carbonyl (C=O) groups excluding carboxylic acids is 2. The number of aromatic nitrogens is 1. The Balaban J connectivity index is 1.99. The van der Waals surface area contributed by atoms with E-state index in [0.717, 1.165) is 16.8 Å². The molecule has 0 atom stereocenters. The molecule has 0 bridgehead atoms. The van der Waals surface area contributed by atoms with Crippen molar-refractivity contribution in [3.8, 4) is 0 Å². The van der Waals surface area contributed by atoms with E-state index in [9.17, 15) is 9.59 Å². The summed E-state index contributed by atoms with van der Waals surface area (Å²) >= 11 is 0. The quantitative estimate of drug-likeness (QED) is 0.920. The van der Waals surface area contributed by atoms with Crippen molar-refractivity contribution in [1.29, 1.82) is 0 Å². The first-order valence-corrected chi connectivity index (χ1v) is 7.45. The van der Waals surface area contributed by atoms with Crippen molar-refractivity contribution in [3.63, 3.8) is 0 Å². The topological polar surface area (TPSA) is 75.4 Å². The normalized spacial score (nSPS) is 10.4. The minimum atomic E-state index is -0.183. The number of carbonyl (C=O) groups is 2. The largest absolute Gasteiger partial charge is 0.360 e. The van der Waals surface area contributed by atoms with Crippen molar-refractivity contribution in [2.45, 2.75) is 34.1 Å². The fraction of sp³-hybridized carbons (Fsp3) is 0.353. The van der Waals surface area contributed by atoms with Crippen LogP contribution >= 0.6 is 0 Å². The molecule has 122 valence electrons. The minimum Gasteiger partial charge on any atom is -0.360 e. The molecule has 1 aromatic heterocycles. The highest BCUT2D eigenvalue weighted by Crippen LogP contribution is 2.17. The van der Waals surface area contributed by atoms with Crippen LogP contribution in [0.25, 0.3) is 0 Å². The number of benzene rings is 1. The Kier molecular flexibility index (Phi) is 5.16. The summed E-state index contributed by atoms with van der Waals surface area (Å²) in [6, 6.07) is 7.56. The van der Waals surface area contributed by atoms with Gasteiger partial charge in [0.2, 0.25) is 11.8 Å². The van der Waals surface area contributed by atoms with Gasteiger partial charge in [0.25, 0.3) is 0 Å². The van der Waals surface area contributed by atoms with E-state index >= 15 is 0 Å². The summed E-state index contributed by atoms with van der Waals surface area (Å²) in [7, 11) is 0. The molecule has 1 heterocycles. The van der Waals surface area contributed by atoms with Crippen molar-refractivity contribution in [2.75, 3.05) is 16.8 Å². The molecule has 0 aliphatic rings. The van der Waals surface area contributed by atoms with E-state index in [1.807, 2.05) is 32.0 Å². The van der Waals surface area contributed by atoms with E-state index in [1.165, 1.54) is 11.8 Å². The third kappa shape index (κ3) is 4.42. The molecule has 23 heavy (non-hydrogen) atoms.